The molecule has 1 aromatic heterocycles. The SMILES string of the molecule is Cc1nsc(Nc2ccccc2F)c1C(=O)O. The van der Waals surface area contributed by atoms with Crippen LogP contribution in [0, 0.1) is 12.7 Å². The van der Waals surface area contributed by atoms with Crippen LogP contribution < -0.4 is 5.32 Å². The van der Waals surface area contributed by atoms with Crippen LogP contribution in [-0.4, -0.2) is 15.4 Å². The van der Waals surface area contributed by atoms with E-state index >= 15 is 0 Å². The van der Waals surface area contributed by atoms with Gasteiger partial charge in [0.15, 0.2) is 0 Å². The van der Waals surface area contributed by atoms with Crippen molar-refractivity contribution in [2.24, 2.45) is 0 Å². The molecule has 88 valence electrons. The number of halogens is 1. The molecule has 0 unspecified atom stereocenters. The molecule has 0 aliphatic carbocycles. The number of rotatable bonds is 3. The van der Waals surface area contributed by atoms with Crippen molar-refractivity contribution in [3.05, 3.63) is 41.3 Å². The molecule has 4 nitrogen and oxygen atoms in total. The average molecular weight is 252 g/mol. The second kappa shape index (κ2) is 4.50. The topological polar surface area (TPSA) is 62.2 Å². The van der Waals surface area contributed by atoms with Crippen molar-refractivity contribution in [3.63, 3.8) is 0 Å². The van der Waals surface area contributed by atoms with Crippen molar-refractivity contribution in [3.8, 4) is 0 Å². The van der Waals surface area contributed by atoms with Gasteiger partial charge < -0.3 is 10.4 Å². The van der Waals surface area contributed by atoms with Gasteiger partial charge in [0.05, 0.1) is 11.4 Å². The smallest absolute Gasteiger partial charge is 0.340 e. The van der Waals surface area contributed by atoms with E-state index in [9.17, 15) is 9.18 Å². The number of hydrogen-bond donors (Lipinski definition) is 2. The maximum Gasteiger partial charge on any atom is 0.340 e. The van der Waals surface area contributed by atoms with E-state index in [4.69, 9.17) is 5.11 Å². The van der Waals surface area contributed by atoms with Crippen molar-refractivity contribution in [2.75, 3.05) is 5.32 Å². The van der Waals surface area contributed by atoms with Crippen LogP contribution in [0.3, 0.4) is 0 Å². The molecule has 0 bridgehead atoms. The number of aryl methyl sites for hydroxylation is 1. The fraction of sp³-hybridized carbons (Fsp3) is 0.0909. The minimum Gasteiger partial charge on any atom is -0.478 e. The van der Waals surface area contributed by atoms with Gasteiger partial charge in [0.2, 0.25) is 0 Å². The molecule has 2 rings (SSSR count). The van der Waals surface area contributed by atoms with E-state index in [1.165, 1.54) is 12.1 Å². The lowest BCUT2D eigenvalue weighted by Crippen LogP contribution is -2.02. The summed E-state index contributed by atoms with van der Waals surface area (Å²) in [4.78, 5) is 11.0. The molecule has 2 aromatic rings. The highest BCUT2D eigenvalue weighted by atomic mass is 32.1. The lowest BCUT2D eigenvalue weighted by molar-refractivity contribution is 0.0697. The third kappa shape index (κ3) is 2.26. The highest BCUT2D eigenvalue weighted by Gasteiger charge is 2.18. The van der Waals surface area contributed by atoms with Crippen LogP contribution in [0.1, 0.15) is 16.1 Å². The maximum atomic E-state index is 13.4. The quantitative estimate of drug-likeness (QED) is 0.881. The molecular formula is C11H9FN2O2S. The van der Waals surface area contributed by atoms with Gasteiger partial charge in [-0.1, -0.05) is 12.1 Å². The van der Waals surface area contributed by atoms with Gasteiger partial charge in [-0.05, 0) is 30.6 Å². The number of nitrogens with zero attached hydrogens (tertiary/aromatic N) is 1. The van der Waals surface area contributed by atoms with E-state index in [0.717, 1.165) is 11.5 Å². The van der Waals surface area contributed by atoms with Crippen molar-refractivity contribution in [2.45, 2.75) is 6.92 Å². The first kappa shape index (κ1) is 11.5. The first-order valence-corrected chi connectivity index (χ1v) is 5.58. The van der Waals surface area contributed by atoms with Crippen LogP contribution in [0.15, 0.2) is 24.3 Å². The number of benzene rings is 1. The van der Waals surface area contributed by atoms with Crippen LogP contribution in [0.4, 0.5) is 15.1 Å². The van der Waals surface area contributed by atoms with E-state index < -0.39 is 11.8 Å². The number of nitrogens with one attached hydrogen (secondary N) is 1. The predicted molar refractivity (Wildman–Crippen MR) is 63.5 cm³/mol. The summed E-state index contributed by atoms with van der Waals surface area (Å²) in [6.45, 7) is 1.60. The van der Waals surface area contributed by atoms with Gasteiger partial charge in [-0.15, -0.1) is 0 Å². The van der Waals surface area contributed by atoms with Crippen LogP contribution in [0.25, 0.3) is 0 Å². The monoisotopic (exact) mass is 252 g/mol. The van der Waals surface area contributed by atoms with Gasteiger partial charge in [0.1, 0.15) is 16.4 Å². The Morgan fingerprint density at radius 1 is 1.47 bits per heavy atom. The van der Waals surface area contributed by atoms with Gasteiger partial charge in [0.25, 0.3) is 0 Å². The molecule has 0 aliphatic rings. The molecular weight excluding hydrogens is 243 g/mol. The molecule has 1 heterocycles. The standard InChI is InChI=1S/C11H9FN2O2S/c1-6-9(11(15)16)10(17-14-6)13-8-5-3-2-4-7(8)12/h2-5,13H,1H3,(H,15,16). The summed E-state index contributed by atoms with van der Waals surface area (Å²) in [5, 5.41) is 12.1. The van der Waals surface area contributed by atoms with E-state index in [1.807, 2.05) is 0 Å². The molecule has 1 aromatic carbocycles. The van der Waals surface area contributed by atoms with Gasteiger partial charge in [0, 0.05) is 0 Å². The first-order chi connectivity index (χ1) is 8.09. The number of carboxylic acids is 1. The van der Waals surface area contributed by atoms with Crippen molar-refractivity contribution in [1.82, 2.24) is 4.37 Å². The normalized spacial score (nSPS) is 10.2. The molecule has 0 radical (unpaired) electrons. The summed E-state index contributed by atoms with van der Waals surface area (Å²) in [5.74, 6) is -1.51. The van der Waals surface area contributed by atoms with Crippen molar-refractivity contribution >= 4 is 28.2 Å². The summed E-state index contributed by atoms with van der Waals surface area (Å²) < 4.78 is 17.3. The van der Waals surface area contributed by atoms with Crippen molar-refractivity contribution in [1.29, 1.82) is 0 Å². The summed E-state index contributed by atoms with van der Waals surface area (Å²) in [6.07, 6.45) is 0. The number of aromatic carboxylic acids is 1. The second-order valence-corrected chi connectivity index (χ2v) is 4.16. The summed E-state index contributed by atoms with van der Waals surface area (Å²) in [6, 6.07) is 6.07. The summed E-state index contributed by atoms with van der Waals surface area (Å²) >= 11 is 0.999. The third-order valence-electron chi connectivity index (χ3n) is 2.20. The zero-order valence-electron chi connectivity index (χ0n) is 8.90. The minimum absolute atomic E-state index is 0.0817. The van der Waals surface area contributed by atoms with Crippen LogP contribution in [0.5, 0.6) is 0 Å². The van der Waals surface area contributed by atoms with Gasteiger partial charge in [-0.3, -0.25) is 0 Å². The minimum atomic E-state index is -1.07. The van der Waals surface area contributed by atoms with E-state index in [0.29, 0.717) is 10.7 Å². The fourth-order valence-electron chi connectivity index (χ4n) is 1.39. The predicted octanol–water partition coefficient (Wildman–Crippen LogP) is 3.03. The molecule has 6 heteroatoms. The zero-order chi connectivity index (χ0) is 12.4. The highest BCUT2D eigenvalue weighted by molar-refractivity contribution is 7.10. The number of anilines is 2. The summed E-state index contributed by atoms with van der Waals surface area (Å²) in [5.41, 5.74) is 0.734. The number of hydrogen-bond acceptors (Lipinski definition) is 4. The Morgan fingerprint density at radius 2 is 2.18 bits per heavy atom. The first-order valence-electron chi connectivity index (χ1n) is 4.80. The molecule has 17 heavy (non-hydrogen) atoms. The summed E-state index contributed by atoms with van der Waals surface area (Å²) in [7, 11) is 0. The molecule has 0 saturated heterocycles. The number of aromatic nitrogens is 1. The Hall–Kier alpha value is -1.95. The van der Waals surface area contributed by atoms with Gasteiger partial charge in [-0.25, -0.2) is 9.18 Å². The zero-order valence-corrected chi connectivity index (χ0v) is 9.71. The molecule has 2 N–H and O–H groups in total. The molecule has 0 fully saturated rings. The Kier molecular flexibility index (Phi) is 3.06. The van der Waals surface area contributed by atoms with E-state index in [2.05, 4.69) is 9.69 Å². The molecule has 0 spiro atoms. The Balaban J connectivity index is 2.37. The molecule has 0 aliphatic heterocycles. The third-order valence-corrected chi connectivity index (χ3v) is 3.05. The lowest BCUT2D eigenvalue weighted by atomic mass is 10.2. The van der Waals surface area contributed by atoms with E-state index in [1.54, 1.807) is 19.1 Å². The largest absolute Gasteiger partial charge is 0.478 e. The number of carbonyl (C=O) groups is 1. The van der Waals surface area contributed by atoms with Crippen molar-refractivity contribution < 1.29 is 14.3 Å². The number of carboxylic acid groups (broad SMARTS) is 1. The Bertz CT molecular complexity index is 568. The van der Waals surface area contributed by atoms with Gasteiger partial charge >= 0.3 is 5.97 Å². The Labute approximate surface area is 101 Å². The Morgan fingerprint density at radius 3 is 2.82 bits per heavy atom. The lowest BCUT2D eigenvalue weighted by Gasteiger charge is -2.05. The van der Waals surface area contributed by atoms with E-state index in [-0.39, 0.29) is 11.3 Å². The van der Waals surface area contributed by atoms with Crippen LogP contribution in [0.2, 0.25) is 0 Å². The maximum absolute atomic E-state index is 13.4. The fourth-order valence-corrected chi connectivity index (χ4v) is 2.19. The van der Waals surface area contributed by atoms with Crippen LogP contribution in [-0.2, 0) is 0 Å². The molecule has 0 atom stereocenters. The highest BCUT2D eigenvalue weighted by Crippen LogP contribution is 2.28. The second-order valence-electron chi connectivity index (χ2n) is 3.38. The molecule has 0 amide bonds. The van der Waals surface area contributed by atoms with Gasteiger partial charge in [-0.2, -0.15) is 4.37 Å². The molecule has 0 saturated carbocycles. The average Bonchev–Trinajstić information content (AvgIpc) is 2.63. The van der Waals surface area contributed by atoms with Crippen LogP contribution >= 0.6 is 11.5 Å². The number of para-hydroxylation sites is 1.